The van der Waals surface area contributed by atoms with Crippen molar-refractivity contribution < 1.29 is 23.1 Å². The molecule has 0 N–H and O–H groups in total. The number of Topliss-reactive ketones (excluding diaryl/α,β-unsaturated/α-hetero) is 2. The fourth-order valence-corrected chi connectivity index (χ4v) is 5.11. The van der Waals surface area contributed by atoms with Crippen LogP contribution in [0.4, 0.5) is 8.78 Å². The highest BCUT2D eigenvalue weighted by atomic mass is 32.1. The van der Waals surface area contributed by atoms with Gasteiger partial charge in [0.05, 0.1) is 22.0 Å². The molecule has 0 radical (unpaired) electrons. The number of aromatic nitrogens is 3. The van der Waals surface area contributed by atoms with Crippen molar-refractivity contribution in [1.29, 1.82) is 0 Å². The van der Waals surface area contributed by atoms with Crippen molar-refractivity contribution in [1.82, 2.24) is 14.3 Å². The second kappa shape index (κ2) is 10.1. The molecule has 1 fully saturated rings. The number of hydrogen-bond acceptors (Lipinski definition) is 7. The average Bonchev–Trinajstić information content (AvgIpc) is 3.58. The minimum absolute atomic E-state index is 0.00389. The largest absolute Gasteiger partial charge is 0.453 e. The Bertz CT molecular complexity index is 1700. The van der Waals surface area contributed by atoms with Crippen LogP contribution in [-0.2, 0) is 22.4 Å². The molecule has 0 unspecified atom stereocenters. The van der Waals surface area contributed by atoms with E-state index in [4.69, 9.17) is 4.74 Å². The van der Waals surface area contributed by atoms with E-state index < -0.39 is 11.2 Å². The van der Waals surface area contributed by atoms with Crippen LogP contribution in [0.3, 0.4) is 0 Å². The van der Waals surface area contributed by atoms with Crippen molar-refractivity contribution >= 4 is 34.0 Å². The third kappa shape index (κ3) is 5.05. The summed E-state index contributed by atoms with van der Waals surface area (Å²) in [6.07, 6.45) is 4.15. The lowest BCUT2D eigenvalue weighted by atomic mass is 9.88. The molecule has 0 spiro atoms. The Morgan fingerprint density at radius 1 is 0.846 bits per heavy atom. The van der Waals surface area contributed by atoms with Crippen LogP contribution < -0.4 is 4.74 Å². The van der Waals surface area contributed by atoms with E-state index in [2.05, 4.69) is 14.3 Å². The summed E-state index contributed by atoms with van der Waals surface area (Å²) in [5.74, 6) is -1.04. The Hall–Kier alpha value is -4.37. The predicted octanol–water partition coefficient (Wildman–Crippen LogP) is 6.53. The van der Waals surface area contributed by atoms with Gasteiger partial charge in [-0.25, -0.2) is 8.78 Å². The molecular formula is C30H21F2N3O3S. The second-order valence-corrected chi connectivity index (χ2v) is 10.2. The Morgan fingerprint density at radius 2 is 1.59 bits per heavy atom. The summed E-state index contributed by atoms with van der Waals surface area (Å²) in [6.45, 7) is 0. The number of pyridine rings is 2. The molecule has 6 nitrogen and oxygen atoms in total. The van der Waals surface area contributed by atoms with Crippen LogP contribution in [0.15, 0.2) is 78.4 Å². The molecule has 1 aliphatic rings. The Morgan fingerprint density at radius 3 is 2.28 bits per heavy atom. The van der Waals surface area contributed by atoms with Crippen LogP contribution in [0.2, 0.25) is 0 Å². The van der Waals surface area contributed by atoms with Gasteiger partial charge in [0.2, 0.25) is 0 Å². The van der Waals surface area contributed by atoms with E-state index in [0.29, 0.717) is 46.3 Å². The first-order valence-electron chi connectivity index (χ1n) is 12.3. The molecule has 3 heterocycles. The van der Waals surface area contributed by atoms with Gasteiger partial charge in [-0.3, -0.25) is 19.6 Å². The number of ether oxygens (including phenoxy) is 1. The molecule has 39 heavy (non-hydrogen) atoms. The molecule has 6 rings (SSSR count). The molecule has 9 heteroatoms. The van der Waals surface area contributed by atoms with Gasteiger partial charge in [0, 0.05) is 30.6 Å². The van der Waals surface area contributed by atoms with E-state index in [0.717, 1.165) is 5.69 Å². The van der Waals surface area contributed by atoms with Gasteiger partial charge in [0.15, 0.2) is 23.1 Å². The Labute approximate surface area is 226 Å². The van der Waals surface area contributed by atoms with Crippen LogP contribution >= 0.6 is 11.5 Å². The van der Waals surface area contributed by atoms with Crippen LogP contribution in [0.1, 0.15) is 24.0 Å². The van der Waals surface area contributed by atoms with Gasteiger partial charge in [-0.2, -0.15) is 4.37 Å². The molecule has 194 valence electrons. The van der Waals surface area contributed by atoms with Gasteiger partial charge in [-0.1, -0.05) is 18.2 Å². The lowest BCUT2D eigenvalue weighted by Crippen LogP contribution is -2.28. The van der Waals surface area contributed by atoms with Gasteiger partial charge in [0.25, 0.3) is 0 Å². The summed E-state index contributed by atoms with van der Waals surface area (Å²) in [7, 11) is 0. The van der Waals surface area contributed by atoms with Gasteiger partial charge in [-0.15, -0.1) is 0 Å². The number of carbonyl (C=O) groups is 2. The lowest BCUT2D eigenvalue weighted by Gasteiger charge is -2.14. The van der Waals surface area contributed by atoms with Crippen molar-refractivity contribution in [3.05, 3.63) is 101 Å². The van der Waals surface area contributed by atoms with Crippen LogP contribution in [0.5, 0.6) is 11.5 Å². The van der Waals surface area contributed by atoms with Crippen molar-refractivity contribution in [2.75, 3.05) is 0 Å². The zero-order valence-corrected chi connectivity index (χ0v) is 21.4. The van der Waals surface area contributed by atoms with E-state index in [1.807, 2.05) is 11.4 Å². The van der Waals surface area contributed by atoms with Crippen molar-refractivity contribution in [3.63, 3.8) is 0 Å². The van der Waals surface area contributed by atoms with Crippen LogP contribution in [0.25, 0.3) is 22.3 Å². The number of fused-ring (bicyclic) bond motifs is 1. The maximum Gasteiger partial charge on any atom is 0.166 e. The van der Waals surface area contributed by atoms with Gasteiger partial charge >= 0.3 is 0 Å². The monoisotopic (exact) mass is 541 g/mol. The number of ketones is 2. The Kier molecular flexibility index (Phi) is 6.44. The summed E-state index contributed by atoms with van der Waals surface area (Å²) in [4.78, 5) is 34.8. The molecule has 0 atom stereocenters. The molecule has 2 aromatic carbocycles. The first kappa shape index (κ1) is 24.9. The normalized spacial score (nSPS) is 13.8. The highest BCUT2D eigenvalue weighted by molar-refractivity contribution is 7.03. The number of halogens is 2. The minimum atomic E-state index is -1.04. The van der Waals surface area contributed by atoms with Crippen molar-refractivity contribution in [2.24, 2.45) is 5.41 Å². The number of benzene rings is 2. The smallest absolute Gasteiger partial charge is 0.166 e. The summed E-state index contributed by atoms with van der Waals surface area (Å²) < 4.78 is 38.4. The third-order valence-electron chi connectivity index (χ3n) is 6.96. The molecular weight excluding hydrogens is 520 g/mol. The fraction of sp³-hybridized carbons (Fsp3) is 0.167. The number of rotatable bonds is 9. The van der Waals surface area contributed by atoms with Gasteiger partial charge in [0.1, 0.15) is 17.3 Å². The molecule has 5 aromatic rings. The summed E-state index contributed by atoms with van der Waals surface area (Å²) >= 11 is 1.33. The lowest BCUT2D eigenvalue weighted by molar-refractivity contribution is -0.133. The first-order valence-corrected chi connectivity index (χ1v) is 13.2. The average molecular weight is 542 g/mol. The zero-order valence-electron chi connectivity index (χ0n) is 20.6. The first-order chi connectivity index (χ1) is 18.9. The summed E-state index contributed by atoms with van der Waals surface area (Å²) in [5, 5.41) is 2.48. The van der Waals surface area contributed by atoms with Crippen molar-refractivity contribution in [3.8, 4) is 22.9 Å². The third-order valence-corrected chi connectivity index (χ3v) is 7.52. The second-order valence-electron chi connectivity index (χ2n) is 9.56. The van der Waals surface area contributed by atoms with E-state index in [1.165, 1.54) is 35.8 Å². The summed E-state index contributed by atoms with van der Waals surface area (Å²) in [5.41, 5.74) is 2.13. The molecule has 1 aliphatic carbocycles. The van der Waals surface area contributed by atoms with Gasteiger partial charge < -0.3 is 4.74 Å². The molecule has 0 saturated heterocycles. The highest BCUT2D eigenvalue weighted by Gasteiger charge is 2.54. The molecule has 3 aromatic heterocycles. The fourth-order valence-electron chi connectivity index (χ4n) is 4.60. The van der Waals surface area contributed by atoms with Crippen LogP contribution in [-0.4, -0.2) is 25.9 Å². The molecule has 0 amide bonds. The number of hydrogen-bond donors (Lipinski definition) is 0. The topological polar surface area (TPSA) is 82.0 Å². The number of carbonyl (C=O) groups excluding carboxylic acids is 2. The maximum absolute atomic E-state index is 15.1. The van der Waals surface area contributed by atoms with Crippen LogP contribution in [0, 0.1) is 17.0 Å². The maximum atomic E-state index is 15.1. The molecule has 0 aliphatic heterocycles. The predicted molar refractivity (Wildman–Crippen MR) is 143 cm³/mol. The molecule has 1 saturated carbocycles. The summed E-state index contributed by atoms with van der Waals surface area (Å²) in [6, 6.07) is 15.3. The van der Waals surface area contributed by atoms with E-state index >= 15 is 4.39 Å². The quantitative estimate of drug-likeness (QED) is 0.198. The van der Waals surface area contributed by atoms with E-state index in [1.54, 1.807) is 42.7 Å². The Balaban J connectivity index is 1.16. The van der Waals surface area contributed by atoms with E-state index in [-0.39, 0.29) is 36.0 Å². The van der Waals surface area contributed by atoms with Gasteiger partial charge in [-0.05, 0) is 78.0 Å². The SMILES string of the molecule is O=C(Cc1ccc(F)cc1)C1(C(=O)Cc2ccc(Oc3ccnc4cc(-c5ccsn5)ncc34)c(F)c2)CC1. The van der Waals surface area contributed by atoms with E-state index in [9.17, 15) is 14.0 Å². The van der Waals surface area contributed by atoms with Crippen molar-refractivity contribution in [2.45, 2.75) is 25.7 Å². The number of nitrogens with zero attached hydrogens (tertiary/aromatic N) is 3. The standard InChI is InChI=1S/C30H21F2N3O3S/c31-20-4-1-18(2-5-20)14-28(36)30(9-10-30)29(37)15-19-3-6-27(22(32)13-19)38-26-7-11-33-24-16-25(34-17-21(24)26)23-8-12-39-35-23/h1-8,11-13,16-17H,9-10,14-15H2. The minimum Gasteiger partial charge on any atom is -0.453 e. The zero-order chi connectivity index (χ0) is 27.0. The molecule has 0 bridgehead atoms. The highest BCUT2D eigenvalue weighted by Crippen LogP contribution is 2.49.